The number of para-hydroxylation sites is 4. The molecule has 0 saturated carbocycles. The first-order chi connectivity index (χ1) is 57.7. The van der Waals surface area contributed by atoms with Crippen LogP contribution in [0.5, 0.6) is 0 Å². The lowest BCUT2D eigenvalue weighted by atomic mass is 9.91. The van der Waals surface area contributed by atoms with Crippen molar-refractivity contribution in [2.45, 2.75) is 13.8 Å². The molecule has 0 bridgehead atoms. The van der Waals surface area contributed by atoms with Crippen LogP contribution in [0.2, 0.25) is 0 Å². The average Bonchev–Trinajstić information content (AvgIpc) is 0.721. The maximum atomic E-state index is 16.4. The first-order valence-corrected chi connectivity index (χ1v) is 38.7. The Hall–Kier alpha value is -14.9. The van der Waals surface area contributed by atoms with E-state index in [1.165, 1.54) is 0 Å². The van der Waals surface area contributed by atoms with Crippen LogP contribution in [0, 0.1) is 60.4 Å². The third-order valence-electron chi connectivity index (χ3n) is 22.4. The van der Waals surface area contributed by atoms with E-state index < -0.39 is 46.5 Å². The lowest BCUT2D eigenvalue weighted by Crippen LogP contribution is -2.14. The lowest BCUT2D eigenvalue weighted by molar-refractivity contribution is 0.585. The Morgan fingerprint density at radius 3 is 0.636 bits per heavy atom. The van der Waals surface area contributed by atoms with Crippen LogP contribution < -0.4 is 19.6 Å². The van der Waals surface area contributed by atoms with Crippen LogP contribution in [0.15, 0.2) is 376 Å². The molecule has 20 rings (SSSR count). The predicted octanol–water partition coefficient (Wildman–Crippen LogP) is 31.4. The molecule has 12 heteroatoms. The molecular weight excluding hydrogens is 1480 g/mol. The van der Waals surface area contributed by atoms with Gasteiger partial charge in [-0.15, -0.1) is 0 Å². The molecule has 0 spiro atoms. The highest BCUT2D eigenvalue weighted by atomic mass is 19.2. The highest BCUT2D eigenvalue weighted by molar-refractivity contribution is 6.30. The van der Waals surface area contributed by atoms with E-state index in [2.05, 4.69) is 0 Å². The van der Waals surface area contributed by atoms with Crippen LogP contribution in [-0.4, -0.2) is 0 Å². The Balaban J connectivity index is 0.000000157. The second kappa shape index (κ2) is 30.5. The maximum Gasteiger partial charge on any atom is 0.150 e. The summed E-state index contributed by atoms with van der Waals surface area (Å²) in [7, 11) is 0. The summed E-state index contributed by atoms with van der Waals surface area (Å²) in [6.45, 7) is 3.82. The normalized spacial score (nSPS) is 11.5. The molecule has 0 amide bonds. The van der Waals surface area contributed by atoms with E-state index >= 15 is 35.1 Å². The third kappa shape index (κ3) is 13.0. The maximum absolute atomic E-state index is 16.4. The second-order valence-corrected chi connectivity index (χ2v) is 29.4. The monoisotopic (exact) mass is 1550 g/mol. The van der Waals surface area contributed by atoms with Gasteiger partial charge in [0.05, 0.1) is 45.5 Å². The van der Waals surface area contributed by atoms with E-state index in [1.54, 1.807) is 48.5 Å². The van der Waals surface area contributed by atoms with Crippen molar-refractivity contribution in [2.75, 3.05) is 19.6 Å². The van der Waals surface area contributed by atoms with Crippen molar-refractivity contribution in [3.63, 3.8) is 0 Å². The first kappa shape index (κ1) is 73.3. The summed E-state index contributed by atoms with van der Waals surface area (Å²) in [6.07, 6.45) is 0. The highest BCUT2D eigenvalue weighted by Crippen LogP contribution is 2.53. The Morgan fingerprint density at radius 2 is 0.381 bits per heavy atom. The van der Waals surface area contributed by atoms with Gasteiger partial charge in [0.15, 0.2) is 0 Å². The van der Waals surface area contributed by atoms with Crippen LogP contribution >= 0.6 is 0 Å². The Labute approximate surface area is 675 Å². The van der Waals surface area contributed by atoms with Crippen molar-refractivity contribution < 1.29 is 35.1 Å². The van der Waals surface area contributed by atoms with Crippen LogP contribution in [-0.2, 0) is 0 Å². The van der Waals surface area contributed by atoms with Gasteiger partial charge in [-0.1, -0.05) is 255 Å². The van der Waals surface area contributed by atoms with Gasteiger partial charge in [0.1, 0.15) is 46.5 Å². The summed E-state index contributed by atoms with van der Waals surface area (Å²) in [6, 6.07) is 114. The zero-order valence-corrected chi connectivity index (χ0v) is 63.6. The SMILES string of the molecule is Cc1ccccc1-c1cc(N(c2ccccc2)c2ccc3ccc4c(N(c5ccccc5)c5cc(-c6ccccc6C)c(F)cc5F)ccc5ccc2c3c54)c(F)cc1F.Fc1cc(F)c(N(c2ccccc2)c2ccc3ccc4c(N(c5ccccc5)c5cc(-c6ccccc6)c(F)cc5F)ccc5ccc2c3c54)cc1-c1ccccc1. The summed E-state index contributed by atoms with van der Waals surface area (Å²) in [5, 5.41) is 10.9. The molecule has 0 saturated heterocycles. The number of aryl methyl sites for hydroxylation is 2. The van der Waals surface area contributed by atoms with E-state index in [4.69, 9.17) is 0 Å². The van der Waals surface area contributed by atoms with Crippen molar-refractivity contribution in [3.05, 3.63) is 434 Å². The quantitative estimate of drug-likeness (QED) is 0.0706. The molecule has 0 atom stereocenters. The van der Waals surface area contributed by atoms with Gasteiger partial charge < -0.3 is 19.6 Å². The number of anilines is 12. The van der Waals surface area contributed by atoms with Crippen LogP contribution in [0.3, 0.4) is 0 Å². The molecule has 118 heavy (non-hydrogen) atoms. The minimum absolute atomic E-state index is 0.193. The summed E-state index contributed by atoms with van der Waals surface area (Å²) in [4.78, 5) is 7.37. The lowest BCUT2D eigenvalue weighted by Gasteiger charge is -2.30. The highest BCUT2D eigenvalue weighted by Gasteiger charge is 2.30. The molecule has 0 aliphatic carbocycles. The Bertz CT molecular complexity index is 6770. The van der Waals surface area contributed by atoms with Crippen molar-refractivity contribution in [1.82, 2.24) is 0 Å². The van der Waals surface area contributed by atoms with Crippen molar-refractivity contribution in [3.8, 4) is 44.5 Å². The van der Waals surface area contributed by atoms with E-state index in [1.807, 2.05) is 337 Å². The molecule has 20 aromatic carbocycles. The smallest absolute Gasteiger partial charge is 0.150 e. The van der Waals surface area contributed by atoms with E-state index in [0.29, 0.717) is 78.9 Å². The Morgan fingerprint density at radius 1 is 0.169 bits per heavy atom. The molecule has 0 N–H and O–H groups in total. The van der Waals surface area contributed by atoms with Crippen molar-refractivity contribution in [1.29, 1.82) is 0 Å². The standard InChI is InChI=1S/C54H36F4N2.C52H32F4N2/c1-33-13-9-11-19-39(33)43-29-51(47(57)31-45(43)55)59(37-15-5-3-6-16-37)49-27-23-35-22-26-42-50(28-24-36-21-25-41(49)53(35)54(36)42)60(38-17-7-4-8-18-38)52-30-44(46(56)32-48(52)58)40-20-12-10-14-34(40)2;53-43-31-45(55)49(29-41(43)33-13-5-1-6-14-33)57(37-17-9-3-10-18-37)47-27-23-35-22-26-40-48(28-24-36-21-25-39(47)51(35)52(36)40)58(38-19-11-4-12-20-38)50-30-42(44(54)32-46(50)56)34-15-7-2-8-16-34/h3-32H,1-2H3;1-32H. The van der Waals surface area contributed by atoms with Crippen molar-refractivity contribution >= 4 is 133 Å². The number of hydrogen-bond acceptors (Lipinski definition) is 4. The summed E-state index contributed by atoms with van der Waals surface area (Å²) in [5.41, 5.74) is 11.9. The molecule has 4 nitrogen and oxygen atoms in total. The zero-order valence-electron chi connectivity index (χ0n) is 63.6. The van der Waals surface area contributed by atoms with Gasteiger partial charge in [-0.2, -0.15) is 0 Å². The van der Waals surface area contributed by atoms with E-state index in [0.717, 1.165) is 100 Å². The fraction of sp³-hybridized carbons (Fsp3) is 0.0189. The Kier molecular flexibility index (Phi) is 18.9. The predicted molar refractivity (Wildman–Crippen MR) is 470 cm³/mol. The van der Waals surface area contributed by atoms with Gasteiger partial charge in [0.2, 0.25) is 0 Å². The zero-order chi connectivity index (χ0) is 80.4. The molecule has 0 fully saturated rings. The molecule has 0 unspecified atom stereocenters. The van der Waals surface area contributed by atoms with E-state index in [9.17, 15) is 0 Å². The summed E-state index contributed by atoms with van der Waals surface area (Å²) < 4.78 is 128. The minimum atomic E-state index is -0.705. The number of halogens is 8. The van der Waals surface area contributed by atoms with Gasteiger partial charge in [0, 0.05) is 90.8 Å². The molecule has 0 aliphatic rings. The largest absolute Gasteiger partial charge is 0.307 e. The molecule has 568 valence electrons. The molecule has 0 aromatic heterocycles. The van der Waals surface area contributed by atoms with Gasteiger partial charge in [-0.3, -0.25) is 0 Å². The van der Waals surface area contributed by atoms with Gasteiger partial charge in [0.25, 0.3) is 0 Å². The fourth-order valence-electron chi connectivity index (χ4n) is 16.9. The van der Waals surface area contributed by atoms with Gasteiger partial charge in [-0.05, 0) is 187 Å². The van der Waals surface area contributed by atoms with E-state index in [-0.39, 0.29) is 33.9 Å². The average molecular weight is 1550 g/mol. The molecular formula is C106H68F8N4. The fourth-order valence-corrected chi connectivity index (χ4v) is 16.9. The number of benzene rings is 20. The number of nitrogens with zero attached hydrogens (tertiary/aromatic N) is 4. The number of hydrogen-bond donors (Lipinski definition) is 0. The molecule has 0 aliphatic heterocycles. The third-order valence-corrected chi connectivity index (χ3v) is 22.4. The second-order valence-electron chi connectivity index (χ2n) is 29.4. The molecule has 0 radical (unpaired) electrons. The molecule has 0 heterocycles. The van der Waals surface area contributed by atoms with Crippen molar-refractivity contribution in [2.24, 2.45) is 0 Å². The van der Waals surface area contributed by atoms with Crippen LogP contribution in [0.1, 0.15) is 11.1 Å². The molecule has 20 aromatic rings. The van der Waals surface area contributed by atoms with Gasteiger partial charge in [-0.25, -0.2) is 35.1 Å². The topological polar surface area (TPSA) is 13.0 Å². The summed E-state index contributed by atoms with van der Waals surface area (Å²) >= 11 is 0. The summed E-state index contributed by atoms with van der Waals surface area (Å²) in [5.74, 6) is -5.41. The minimum Gasteiger partial charge on any atom is -0.307 e. The van der Waals surface area contributed by atoms with Crippen LogP contribution in [0.4, 0.5) is 103 Å². The van der Waals surface area contributed by atoms with Crippen LogP contribution in [0.25, 0.3) is 109 Å². The van der Waals surface area contributed by atoms with Gasteiger partial charge >= 0.3 is 0 Å². The number of rotatable bonds is 16. The first-order valence-electron chi connectivity index (χ1n) is 38.7.